The van der Waals surface area contributed by atoms with Gasteiger partial charge >= 0.3 is 0 Å². The second-order valence-electron chi connectivity index (χ2n) is 4.63. The number of hydrogen-bond acceptors (Lipinski definition) is 10. The van der Waals surface area contributed by atoms with Crippen molar-refractivity contribution in [3.05, 3.63) is 6.33 Å². The Bertz CT molecular complexity index is 662. The molecule has 2 aromatic rings. The second kappa shape index (κ2) is 5.05. The fraction of sp³-hybridized carbons (Fsp3) is 0.500. The van der Waals surface area contributed by atoms with Gasteiger partial charge in [0.25, 0.3) is 0 Å². The van der Waals surface area contributed by atoms with Crippen molar-refractivity contribution in [2.45, 2.75) is 24.5 Å². The van der Waals surface area contributed by atoms with Crippen LogP contribution in [0.3, 0.4) is 0 Å². The fourth-order valence-electron chi connectivity index (χ4n) is 2.30. The summed E-state index contributed by atoms with van der Waals surface area (Å²) in [5.41, 5.74) is 8.61. The highest BCUT2D eigenvalue weighted by Crippen LogP contribution is 2.32. The molecule has 0 saturated carbocycles. The van der Waals surface area contributed by atoms with E-state index in [1.54, 1.807) is 0 Å². The number of nitrogens with one attached hydrogen (secondary N) is 1. The predicted octanol–water partition coefficient (Wildman–Crippen LogP) is -2.69. The fourth-order valence-corrected chi connectivity index (χ4v) is 2.30. The molecule has 0 aromatic carbocycles. The minimum Gasteiger partial charge on any atom is -0.394 e. The quantitative estimate of drug-likeness (QED) is 0.258. The number of anilines is 2. The van der Waals surface area contributed by atoms with E-state index in [1.165, 1.54) is 10.9 Å². The van der Waals surface area contributed by atoms with Crippen LogP contribution in [0.2, 0.25) is 0 Å². The van der Waals surface area contributed by atoms with Gasteiger partial charge < -0.3 is 25.8 Å². The Morgan fingerprint density at radius 2 is 2.10 bits per heavy atom. The summed E-state index contributed by atoms with van der Waals surface area (Å²) < 4.78 is 6.82. The van der Waals surface area contributed by atoms with Crippen LogP contribution in [0, 0.1) is 0 Å². The van der Waals surface area contributed by atoms with Gasteiger partial charge in [-0.3, -0.25) is 9.99 Å². The third-order valence-corrected chi connectivity index (χ3v) is 3.37. The number of rotatable bonds is 3. The van der Waals surface area contributed by atoms with Crippen LogP contribution in [0.5, 0.6) is 0 Å². The number of hydrazine groups is 1. The van der Waals surface area contributed by atoms with E-state index in [4.69, 9.17) is 21.4 Å². The van der Waals surface area contributed by atoms with E-state index in [0.29, 0.717) is 5.52 Å². The van der Waals surface area contributed by atoms with Crippen LogP contribution in [0.15, 0.2) is 6.33 Å². The van der Waals surface area contributed by atoms with Crippen molar-refractivity contribution in [3.63, 3.8) is 0 Å². The lowest BCUT2D eigenvalue weighted by Crippen LogP contribution is -2.33. The van der Waals surface area contributed by atoms with E-state index in [2.05, 4.69) is 20.4 Å². The Morgan fingerprint density at radius 3 is 2.71 bits per heavy atom. The van der Waals surface area contributed by atoms with Crippen molar-refractivity contribution in [2.24, 2.45) is 5.84 Å². The van der Waals surface area contributed by atoms with Crippen LogP contribution in [0.1, 0.15) is 6.23 Å². The van der Waals surface area contributed by atoms with Crippen molar-refractivity contribution in [1.82, 2.24) is 19.5 Å². The molecule has 11 nitrogen and oxygen atoms in total. The monoisotopic (exact) mass is 297 g/mol. The summed E-state index contributed by atoms with van der Waals surface area (Å²) in [7, 11) is 0. The highest BCUT2D eigenvalue weighted by molar-refractivity contribution is 5.82. The Morgan fingerprint density at radius 1 is 1.33 bits per heavy atom. The van der Waals surface area contributed by atoms with Gasteiger partial charge in [0.15, 0.2) is 17.7 Å². The van der Waals surface area contributed by atoms with Crippen LogP contribution >= 0.6 is 0 Å². The molecule has 1 fully saturated rings. The zero-order valence-corrected chi connectivity index (χ0v) is 10.8. The number of nitrogen functional groups attached to an aromatic ring is 2. The molecule has 1 aliphatic heterocycles. The number of aliphatic hydroxyl groups excluding tert-OH is 3. The highest BCUT2D eigenvalue weighted by Gasteiger charge is 2.44. The van der Waals surface area contributed by atoms with Crippen LogP contribution in [0.4, 0.5) is 11.8 Å². The van der Waals surface area contributed by atoms with Crippen molar-refractivity contribution in [1.29, 1.82) is 0 Å². The maximum absolute atomic E-state index is 10.0. The zero-order valence-electron chi connectivity index (χ0n) is 10.8. The van der Waals surface area contributed by atoms with Crippen molar-refractivity contribution in [2.75, 3.05) is 17.8 Å². The Balaban J connectivity index is 2.07. The van der Waals surface area contributed by atoms with Crippen molar-refractivity contribution in [3.8, 4) is 0 Å². The SMILES string of the molecule is NNc1nc(N)c2ncn([C@@H]3O[C@H](CO)C(O)[C@@H]3O)c2n1. The molecule has 1 unspecified atom stereocenters. The third-order valence-electron chi connectivity index (χ3n) is 3.37. The third kappa shape index (κ3) is 2.07. The molecule has 0 aliphatic carbocycles. The van der Waals surface area contributed by atoms with Crippen molar-refractivity contribution < 1.29 is 20.1 Å². The molecule has 0 radical (unpaired) electrons. The number of nitrogens with zero attached hydrogens (tertiary/aromatic N) is 4. The lowest BCUT2D eigenvalue weighted by Gasteiger charge is -2.16. The lowest BCUT2D eigenvalue weighted by molar-refractivity contribution is -0.0511. The minimum absolute atomic E-state index is 0.0773. The van der Waals surface area contributed by atoms with Crippen molar-refractivity contribution >= 4 is 22.9 Å². The number of aromatic nitrogens is 4. The first-order chi connectivity index (χ1) is 10.1. The molecule has 4 atom stereocenters. The molecule has 3 rings (SSSR count). The number of ether oxygens (including phenoxy) is 1. The topological polar surface area (TPSA) is 178 Å². The number of fused-ring (bicyclic) bond motifs is 1. The molecule has 1 saturated heterocycles. The van der Waals surface area contributed by atoms with Gasteiger partial charge in [0.2, 0.25) is 5.95 Å². The van der Waals surface area contributed by atoms with Gasteiger partial charge in [0, 0.05) is 0 Å². The molecule has 0 amide bonds. The largest absolute Gasteiger partial charge is 0.394 e. The number of hydrogen-bond donors (Lipinski definition) is 6. The average molecular weight is 297 g/mol. The Labute approximate surface area is 118 Å². The van der Waals surface area contributed by atoms with E-state index in [9.17, 15) is 10.2 Å². The first-order valence-electron chi connectivity index (χ1n) is 6.16. The standard InChI is InChI=1S/C10H15N7O4/c11-7-4-8(15-10(14-7)16-12)17(2-13-4)9-6(20)5(19)3(1-18)21-9/h2-3,5-6,9,18-20H,1,12H2,(H3,11,14,15,16)/t3-,5?,6+,9-/m1/s1. The molecule has 3 heterocycles. The molecule has 2 aromatic heterocycles. The van der Waals surface area contributed by atoms with E-state index in [-0.39, 0.29) is 17.4 Å². The first-order valence-corrected chi connectivity index (χ1v) is 6.16. The molecule has 0 bridgehead atoms. The highest BCUT2D eigenvalue weighted by atomic mass is 16.6. The van der Waals surface area contributed by atoms with Gasteiger partial charge in [-0.15, -0.1) is 0 Å². The number of nitrogens with two attached hydrogens (primary N) is 2. The van der Waals surface area contributed by atoms with Gasteiger partial charge in [-0.1, -0.05) is 0 Å². The smallest absolute Gasteiger partial charge is 0.241 e. The van der Waals surface area contributed by atoms with Gasteiger partial charge in [-0.2, -0.15) is 9.97 Å². The van der Waals surface area contributed by atoms with Crippen LogP contribution in [-0.2, 0) is 4.74 Å². The summed E-state index contributed by atoms with van der Waals surface area (Å²) >= 11 is 0. The van der Waals surface area contributed by atoms with E-state index >= 15 is 0 Å². The molecule has 8 N–H and O–H groups in total. The minimum atomic E-state index is -1.25. The summed E-state index contributed by atoms with van der Waals surface area (Å²) in [5.74, 6) is 5.45. The Kier molecular flexibility index (Phi) is 3.35. The summed E-state index contributed by atoms with van der Waals surface area (Å²) in [6, 6.07) is 0. The van der Waals surface area contributed by atoms with E-state index < -0.39 is 31.1 Å². The van der Waals surface area contributed by atoms with Crippen LogP contribution in [0.25, 0.3) is 11.2 Å². The second-order valence-corrected chi connectivity index (χ2v) is 4.63. The van der Waals surface area contributed by atoms with Crippen LogP contribution in [-0.4, -0.2) is 59.8 Å². The van der Waals surface area contributed by atoms with Gasteiger partial charge in [0.1, 0.15) is 23.8 Å². The summed E-state index contributed by atoms with van der Waals surface area (Å²) in [4.78, 5) is 12.1. The molecule has 114 valence electrons. The predicted molar refractivity (Wildman–Crippen MR) is 70.6 cm³/mol. The normalized spacial score (nSPS) is 29.1. The number of imidazole rings is 1. The van der Waals surface area contributed by atoms with E-state index in [0.717, 1.165) is 0 Å². The lowest BCUT2D eigenvalue weighted by atomic mass is 10.1. The summed E-state index contributed by atoms with van der Waals surface area (Å²) in [6.45, 7) is -0.423. The molecular formula is C10H15N7O4. The molecular weight excluding hydrogens is 282 g/mol. The molecule has 0 spiro atoms. The van der Waals surface area contributed by atoms with Crippen LogP contribution < -0.4 is 17.0 Å². The molecule has 1 aliphatic rings. The summed E-state index contributed by atoms with van der Waals surface area (Å²) in [5, 5.41) is 28.9. The number of aliphatic hydroxyl groups is 3. The first kappa shape index (κ1) is 13.9. The maximum Gasteiger partial charge on any atom is 0.241 e. The van der Waals surface area contributed by atoms with Gasteiger partial charge in [-0.25, -0.2) is 10.8 Å². The summed E-state index contributed by atoms with van der Waals surface area (Å²) in [6.07, 6.45) is -2.96. The zero-order chi connectivity index (χ0) is 15.1. The molecule has 11 heteroatoms. The van der Waals surface area contributed by atoms with Gasteiger partial charge in [-0.05, 0) is 0 Å². The average Bonchev–Trinajstić information content (AvgIpc) is 3.02. The Hall–Kier alpha value is -2.05. The van der Waals surface area contributed by atoms with Gasteiger partial charge in [0.05, 0.1) is 12.9 Å². The van der Waals surface area contributed by atoms with E-state index in [1.807, 2.05) is 0 Å². The molecule has 21 heavy (non-hydrogen) atoms. The maximum atomic E-state index is 10.0.